The van der Waals surface area contributed by atoms with E-state index in [0.717, 1.165) is 63.3 Å². The molecule has 1 aliphatic rings. The van der Waals surface area contributed by atoms with Crippen molar-refractivity contribution in [3.8, 4) is 11.3 Å². The van der Waals surface area contributed by atoms with Crippen LogP contribution in [0.2, 0.25) is 0 Å². The van der Waals surface area contributed by atoms with Crippen LogP contribution in [0.4, 0.5) is 0 Å². The van der Waals surface area contributed by atoms with Crippen LogP contribution >= 0.6 is 11.3 Å². The van der Waals surface area contributed by atoms with Crippen molar-refractivity contribution in [1.29, 1.82) is 0 Å². The zero-order valence-electron chi connectivity index (χ0n) is 16.0. The van der Waals surface area contributed by atoms with E-state index in [-0.39, 0.29) is 0 Å². The number of likely N-dealkylation sites (tertiary alicyclic amines) is 1. The van der Waals surface area contributed by atoms with Gasteiger partial charge in [0.05, 0.1) is 11.8 Å². The maximum absolute atomic E-state index is 10.9. The molecule has 0 bridgehead atoms. The van der Waals surface area contributed by atoms with Crippen molar-refractivity contribution in [3.05, 3.63) is 41.5 Å². The maximum atomic E-state index is 10.9. The van der Waals surface area contributed by atoms with Gasteiger partial charge in [0.25, 0.3) is 0 Å². The number of rotatable bonds is 3. The predicted octanol–water partition coefficient (Wildman–Crippen LogP) is 3.62. The summed E-state index contributed by atoms with van der Waals surface area (Å²) in [5, 5.41) is 17.3. The molecule has 1 fully saturated rings. The highest BCUT2D eigenvalue weighted by Gasteiger charge is 2.26. The van der Waals surface area contributed by atoms with Crippen LogP contribution in [-0.4, -0.2) is 49.9 Å². The van der Waals surface area contributed by atoms with Crippen molar-refractivity contribution in [1.82, 2.24) is 24.6 Å². The normalized spacial score (nSPS) is 17.5. The number of hydrogen-bond acceptors (Lipinski definition) is 6. The highest BCUT2D eigenvalue weighted by Crippen LogP contribution is 2.37. The Labute approximate surface area is 167 Å². The van der Waals surface area contributed by atoms with E-state index in [1.54, 1.807) is 16.0 Å². The molecule has 1 saturated heterocycles. The Morgan fingerprint density at radius 2 is 1.96 bits per heavy atom. The van der Waals surface area contributed by atoms with Crippen molar-refractivity contribution in [2.45, 2.75) is 18.9 Å². The molecule has 28 heavy (non-hydrogen) atoms. The summed E-state index contributed by atoms with van der Waals surface area (Å²) in [6.45, 7) is 2.11. The van der Waals surface area contributed by atoms with Gasteiger partial charge in [0, 0.05) is 40.7 Å². The Hall–Kier alpha value is -2.35. The summed E-state index contributed by atoms with van der Waals surface area (Å²) < 4.78 is 1.77. The second-order valence-corrected chi connectivity index (χ2v) is 8.83. The van der Waals surface area contributed by atoms with Gasteiger partial charge < -0.3 is 10.0 Å². The second-order valence-electron chi connectivity index (χ2n) is 7.76. The summed E-state index contributed by atoms with van der Waals surface area (Å²) in [4.78, 5) is 13.6. The molecule has 4 aromatic rings. The van der Waals surface area contributed by atoms with E-state index >= 15 is 0 Å². The average Bonchev–Trinajstić information content (AvgIpc) is 3.29. The van der Waals surface area contributed by atoms with Crippen LogP contribution < -0.4 is 0 Å². The third kappa shape index (κ3) is 3.19. The van der Waals surface area contributed by atoms with Crippen LogP contribution in [0.3, 0.4) is 0 Å². The van der Waals surface area contributed by atoms with E-state index in [1.165, 1.54) is 0 Å². The molecule has 0 spiro atoms. The number of nitrogens with zero attached hydrogens (tertiary/aromatic N) is 5. The lowest BCUT2D eigenvalue weighted by Gasteiger charge is -2.31. The average molecular weight is 394 g/mol. The SMILES string of the molecule is CN1CCC([C@H](O)c2cc3ccc(-c4cnc5nn(C)cc5c4)nc3s2)CC1. The van der Waals surface area contributed by atoms with Gasteiger partial charge in [-0.3, -0.25) is 4.68 Å². The number of aromatic nitrogens is 4. The first kappa shape index (κ1) is 17.7. The topological polar surface area (TPSA) is 67.1 Å². The summed E-state index contributed by atoms with van der Waals surface area (Å²) in [7, 11) is 4.04. The molecule has 7 heteroatoms. The number of pyridine rings is 2. The molecule has 0 unspecified atom stereocenters. The molecule has 144 valence electrons. The lowest BCUT2D eigenvalue weighted by Crippen LogP contribution is -2.32. The Bertz CT molecular complexity index is 1140. The smallest absolute Gasteiger partial charge is 0.181 e. The molecule has 5 rings (SSSR count). The monoisotopic (exact) mass is 393 g/mol. The van der Waals surface area contributed by atoms with Gasteiger partial charge in [-0.2, -0.15) is 5.10 Å². The molecule has 0 aliphatic carbocycles. The number of fused-ring (bicyclic) bond motifs is 2. The molecule has 5 heterocycles. The molecule has 1 atom stereocenters. The molecular formula is C21H23N5OS. The van der Waals surface area contributed by atoms with E-state index in [4.69, 9.17) is 4.98 Å². The molecule has 4 aromatic heterocycles. The lowest BCUT2D eigenvalue weighted by atomic mass is 9.90. The molecule has 0 saturated carbocycles. The Morgan fingerprint density at radius 1 is 1.14 bits per heavy atom. The van der Waals surface area contributed by atoms with Gasteiger partial charge in [0.15, 0.2) is 5.65 Å². The van der Waals surface area contributed by atoms with Gasteiger partial charge in [-0.15, -0.1) is 11.3 Å². The summed E-state index contributed by atoms with van der Waals surface area (Å²) in [5.41, 5.74) is 2.62. The highest BCUT2D eigenvalue weighted by molar-refractivity contribution is 7.18. The predicted molar refractivity (Wildman–Crippen MR) is 112 cm³/mol. The minimum Gasteiger partial charge on any atom is -0.387 e. The van der Waals surface area contributed by atoms with E-state index in [1.807, 2.05) is 25.5 Å². The Kier molecular flexibility index (Phi) is 4.38. The van der Waals surface area contributed by atoms with Gasteiger partial charge in [0.1, 0.15) is 4.83 Å². The van der Waals surface area contributed by atoms with Crippen molar-refractivity contribution in [2.24, 2.45) is 13.0 Å². The van der Waals surface area contributed by atoms with Crippen LogP contribution in [0.1, 0.15) is 23.8 Å². The first-order valence-electron chi connectivity index (χ1n) is 9.64. The Balaban J connectivity index is 1.45. The van der Waals surface area contributed by atoms with Crippen molar-refractivity contribution in [2.75, 3.05) is 20.1 Å². The second kappa shape index (κ2) is 6.92. The molecule has 6 nitrogen and oxygen atoms in total. The van der Waals surface area contributed by atoms with Gasteiger partial charge in [0.2, 0.25) is 0 Å². The molecular weight excluding hydrogens is 370 g/mol. The maximum Gasteiger partial charge on any atom is 0.181 e. The summed E-state index contributed by atoms with van der Waals surface area (Å²) in [6, 6.07) is 8.29. The Morgan fingerprint density at radius 3 is 2.79 bits per heavy atom. The zero-order valence-corrected chi connectivity index (χ0v) is 16.9. The molecule has 1 N–H and O–H groups in total. The van der Waals surface area contributed by atoms with Crippen LogP contribution in [0.15, 0.2) is 36.7 Å². The summed E-state index contributed by atoms with van der Waals surface area (Å²) in [5.74, 6) is 0.334. The number of thiophene rings is 1. The van der Waals surface area contributed by atoms with Gasteiger partial charge in [-0.1, -0.05) is 0 Å². The summed E-state index contributed by atoms with van der Waals surface area (Å²) >= 11 is 1.60. The molecule has 0 aromatic carbocycles. The van der Waals surface area contributed by atoms with Crippen LogP contribution in [-0.2, 0) is 7.05 Å². The first-order valence-corrected chi connectivity index (χ1v) is 10.5. The number of hydrogen-bond donors (Lipinski definition) is 1. The van der Waals surface area contributed by atoms with Crippen molar-refractivity contribution < 1.29 is 5.11 Å². The third-order valence-corrected chi connectivity index (χ3v) is 6.79. The van der Waals surface area contributed by atoms with Gasteiger partial charge >= 0.3 is 0 Å². The number of aliphatic hydroxyl groups is 1. The molecule has 0 radical (unpaired) electrons. The fourth-order valence-electron chi connectivity index (χ4n) is 3.99. The minimum absolute atomic E-state index is 0.334. The largest absolute Gasteiger partial charge is 0.387 e. The standard InChI is InChI=1S/C21H23N5OS/c1-25-7-5-13(6-8-25)19(27)18-10-14-3-4-17(23-21(14)28-18)15-9-16-12-26(2)24-20(16)22-11-15/h3-4,9-13,19,27H,5-8H2,1-2H3/t19-/m0/s1. The lowest BCUT2D eigenvalue weighted by molar-refractivity contribution is 0.0684. The first-order chi connectivity index (χ1) is 13.6. The van der Waals surface area contributed by atoms with Gasteiger partial charge in [-0.05, 0) is 63.2 Å². The number of piperidine rings is 1. The van der Waals surface area contributed by atoms with Crippen LogP contribution in [0.5, 0.6) is 0 Å². The fraction of sp³-hybridized carbons (Fsp3) is 0.381. The van der Waals surface area contributed by atoms with E-state index in [2.05, 4.69) is 40.2 Å². The fourth-order valence-corrected chi connectivity index (χ4v) is 5.10. The molecule has 1 aliphatic heterocycles. The van der Waals surface area contributed by atoms with E-state index in [0.29, 0.717) is 5.92 Å². The number of aliphatic hydroxyl groups excluding tert-OH is 1. The third-order valence-electron chi connectivity index (χ3n) is 5.67. The van der Waals surface area contributed by atoms with Gasteiger partial charge in [-0.25, -0.2) is 9.97 Å². The van der Waals surface area contributed by atoms with Crippen molar-refractivity contribution >= 4 is 32.6 Å². The number of aryl methyl sites for hydroxylation is 1. The highest BCUT2D eigenvalue weighted by atomic mass is 32.1. The molecule has 0 amide bonds. The van der Waals surface area contributed by atoms with E-state index < -0.39 is 6.10 Å². The summed E-state index contributed by atoms with van der Waals surface area (Å²) in [6.07, 6.45) is 5.48. The van der Waals surface area contributed by atoms with Crippen LogP contribution in [0.25, 0.3) is 32.5 Å². The minimum atomic E-state index is -0.398. The zero-order chi connectivity index (χ0) is 19.3. The van der Waals surface area contributed by atoms with Crippen molar-refractivity contribution in [3.63, 3.8) is 0 Å². The van der Waals surface area contributed by atoms with Crippen LogP contribution in [0, 0.1) is 5.92 Å². The van der Waals surface area contributed by atoms with E-state index in [9.17, 15) is 5.11 Å². The quantitative estimate of drug-likeness (QED) is 0.576.